The first-order valence-corrected chi connectivity index (χ1v) is 11.1. The van der Waals surface area contributed by atoms with E-state index in [1.54, 1.807) is 13.0 Å². The van der Waals surface area contributed by atoms with Crippen LogP contribution in [-0.4, -0.2) is 25.1 Å². The van der Waals surface area contributed by atoms with Crippen molar-refractivity contribution in [2.45, 2.75) is 27.2 Å². The number of rotatable bonds is 7. The van der Waals surface area contributed by atoms with Crippen LogP contribution in [0.15, 0.2) is 60.2 Å². The number of fused-ring (bicyclic) bond motifs is 2. The molecule has 0 atom stereocenters. The Kier molecular flexibility index (Phi) is 6.31. The summed E-state index contributed by atoms with van der Waals surface area (Å²) in [5, 5.41) is 2.31. The molecule has 5 heteroatoms. The molecule has 0 bridgehead atoms. The van der Waals surface area contributed by atoms with Gasteiger partial charge in [0.1, 0.15) is 5.75 Å². The third-order valence-electron chi connectivity index (χ3n) is 5.97. The summed E-state index contributed by atoms with van der Waals surface area (Å²) in [6.07, 6.45) is 3.02. The van der Waals surface area contributed by atoms with Gasteiger partial charge < -0.3 is 15.2 Å². The minimum atomic E-state index is -0.530. The van der Waals surface area contributed by atoms with Gasteiger partial charge in [-0.3, -0.25) is 4.79 Å². The third kappa shape index (κ3) is 4.14. The first-order valence-electron chi connectivity index (χ1n) is 11.1. The highest BCUT2D eigenvalue weighted by atomic mass is 16.6. The second-order valence-corrected chi connectivity index (χ2v) is 7.91. The minimum Gasteiger partial charge on any atom is -0.481 e. The smallest absolute Gasteiger partial charge is 0.344 e. The van der Waals surface area contributed by atoms with Crippen molar-refractivity contribution in [3.8, 4) is 5.75 Å². The van der Waals surface area contributed by atoms with Crippen LogP contribution < -0.4 is 10.5 Å². The van der Waals surface area contributed by atoms with Crippen molar-refractivity contribution in [1.82, 2.24) is 0 Å². The molecule has 1 amide bonds. The van der Waals surface area contributed by atoms with Crippen molar-refractivity contribution in [3.63, 3.8) is 0 Å². The maximum Gasteiger partial charge on any atom is 0.344 e. The van der Waals surface area contributed by atoms with Crippen molar-refractivity contribution in [2.75, 3.05) is 13.2 Å². The molecule has 0 heterocycles. The number of allylic oxidation sites excluding steroid dienone is 2. The molecule has 0 aliphatic heterocycles. The summed E-state index contributed by atoms with van der Waals surface area (Å²) in [5.41, 5.74) is 11.8. The van der Waals surface area contributed by atoms with E-state index in [9.17, 15) is 9.59 Å². The second kappa shape index (κ2) is 9.33. The second-order valence-electron chi connectivity index (χ2n) is 7.91. The molecule has 0 radical (unpaired) electrons. The van der Waals surface area contributed by atoms with Crippen LogP contribution in [0, 0.1) is 0 Å². The fourth-order valence-corrected chi connectivity index (χ4v) is 4.46. The van der Waals surface area contributed by atoms with Gasteiger partial charge in [-0.25, -0.2) is 4.79 Å². The van der Waals surface area contributed by atoms with E-state index in [0.29, 0.717) is 16.9 Å². The van der Waals surface area contributed by atoms with Gasteiger partial charge in [0.2, 0.25) is 5.91 Å². The highest BCUT2D eigenvalue weighted by molar-refractivity contribution is 6.28. The number of hydrogen-bond donors (Lipinski definition) is 1. The first kappa shape index (κ1) is 22.3. The largest absolute Gasteiger partial charge is 0.481 e. The van der Waals surface area contributed by atoms with Crippen LogP contribution in [0.5, 0.6) is 5.75 Å². The van der Waals surface area contributed by atoms with Crippen molar-refractivity contribution < 1.29 is 19.1 Å². The summed E-state index contributed by atoms with van der Waals surface area (Å²) in [5.74, 6) is -0.558. The van der Waals surface area contributed by atoms with E-state index >= 15 is 0 Å². The van der Waals surface area contributed by atoms with Gasteiger partial charge >= 0.3 is 5.97 Å². The van der Waals surface area contributed by atoms with Crippen molar-refractivity contribution in [2.24, 2.45) is 5.73 Å². The molecule has 0 spiro atoms. The zero-order chi connectivity index (χ0) is 23.5. The molecule has 3 aromatic rings. The summed E-state index contributed by atoms with van der Waals surface area (Å²) in [7, 11) is 0. The standard InChI is InChI=1S/C28H27NO4/c1-4-18-13-14-19-9-6-7-10-20(19)23(18)15-22-17(3)26(28(29)31)27-21(22)11-8-12-24(27)33-16-25(30)32-5-2/h6-15H,4-5,16H2,1-3H3,(H2,29,31). The highest BCUT2D eigenvalue weighted by Gasteiger charge is 2.30. The van der Waals surface area contributed by atoms with E-state index < -0.39 is 11.9 Å². The van der Waals surface area contributed by atoms with Gasteiger partial charge in [0.15, 0.2) is 6.61 Å². The Balaban J connectivity index is 1.89. The number of amides is 1. The number of primary amides is 1. The van der Waals surface area contributed by atoms with E-state index in [1.165, 1.54) is 5.56 Å². The van der Waals surface area contributed by atoms with Crippen molar-refractivity contribution >= 4 is 39.9 Å². The van der Waals surface area contributed by atoms with Crippen LogP contribution in [0.4, 0.5) is 0 Å². The Bertz CT molecular complexity index is 1320. The fourth-order valence-electron chi connectivity index (χ4n) is 4.46. The van der Waals surface area contributed by atoms with Crippen LogP contribution in [0.2, 0.25) is 0 Å². The predicted molar refractivity (Wildman–Crippen MR) is 132 cm³/mol. The molecule has 2 N–H and O–H groups in total. The van der Waals surface area contributed by atoms with Crippen molar-refractivity contribution in [3.05, 3.63) is 82.4 Å². The molecule has 0 unspecified atom stereocenters. The monoisotopic (exact) mass is 441 g/mol. The molecule has 0 saturated carbocycles. The van der Waals surface area contributed by atoms with Gasteiger partial charge in [-0.15, -0.1) is 0 Å². The third-order valence-corrected chi connectivity index (χ3v) is 5.97. The van der Waals surface area contributed by atoms with Gasteiger partial charge in [0, 0.05) is 5.56 Å². The summed E-state index contributed by atoms with van der Waals surface area (Å²) >= 11 is 0. The average molecular weight is 442 g/mol. The fraction of sp³-hybridized carbons (Fsp3) is 0.214. The van der Waals surface area contributed by atoms with Crippen LogP contribution in [-0.2, 0) is 20.7 Å². The van der Waals surface area contributed by atoms with Gasteiger partial charge in [-0.1, -0.05) is 55.5 Å². The Morgan fingerprint density at radius 1 is 1.00 bits per heavy atom. The lowest BCUT2D eigenvalue weighted by molar-refractivity contribution is -0.145. The highest BCUT2D eigenvalue weighted by Crippen LogP contribution is 2.46. The zero-order valence-corrected chi connectivity index (χ0v) is 19.1. The molecule has 0 aromatic heterocycles. The molecule has 33 heavy (non-hydrogen) atoms. The number of esters is 1. The summed E-state index contributed by atoms with van der Waals surface area (Å²) in [4.78, 5) is 24.3. The molecule has 1 aliphatic rings. The lowest BCUT2D eigenvalue weighted by Crippen LogP contribution is -2.17. The predicted octanol–water partition coefficient (Wildman–Crippen LogP) is 5.16. The van der Waals surface area contributed by atoms with E-state index in [2.05, 4.69) is 37.3 Å². The van der Waals surface area contributed by atoms with E-state index in [-0.39, 0.29) is 13.2 Å². The van der Waals surface area contributed by atoms with Crippen LogP contribution >= 0.6 is 0 Å². The summed E-state index contributed by atoms with van der Waals surface area (Å²) in [6.45, 7) is 5.81. The Hall–Kier alpha value is -3.86. The topological polar surface area (TPSA) is 78.6 Å². The number of carbonyl (C=O) groups is 2. The number of carbonyl (C=O) groups excluding carboxylic acids is 2. The molecular weight excluding hydrogens is 414 g/mol. The molecule has 0 fully saturated rings. The average Bonchev–Trinajstić information content (AvgIpc) is 3.10. The molecule has 1 aliphatic carbocycles. The lowest BCUT2D eigenvalue weighted by Gasteiger charge is -2.13. The van der Waals surface area contributed by atoms with Crippen molar-refractivity contribution in [1.29, 1.82) is 0 Å². The molecule has 5 nitrogen and oxygen atoms in total. The maximum absolute atomic E-state index is 12.5. The minimum absolute atomic E-state index is 0.238. The lowest BCUT2D eigenvalue weighted by atomic mass is 9.93. The van der Waals surface area contributed by atoms with Gasteiger partial charge in [0.25, 0.3) is 0 Å². The Labute approximate surface area is 193 Å². The molecule has 168 valence electrons. The van der Waals surface area contributed by atoms with Crippen LogP contribution in [0.25, 0.3) is 28.0 Å². The summed E-state index contributed by atoms with van der Waals surface area (Å²) in [6, 6.07) is 18.1. The number of benzene rings is 3. The maximum atomic E-state index is 12.5. The van der Waals surface area contributed by atoms with Crippen LogP contribution in [0.1, 0.15) is 43.0 Å². The Morgan fingerprint density at radius 2 is 1.79 bits per heavy atom. The Morgan fingerprint density at radius 3 is 2.52 bits per heavy atom. The van der Waals surface area contributed by atoms with E-state index in [0.717, 1.165) is 39.5 Å². The first-order chi connectivity index (χ1) is 16.0. The number of nitrogens with two attached hydrogens (primary N) is 1. The van der Waals surface area contributed by atoms with Gasteiger partial charge in [0.05, 0.1) is 12.2 Å². The molecule has 0 saturated heterocycles. The quantitative estimate of drug-likeness (QED) is 0.514. The molecule has 3 aromatic carbocycles. The molecule has 4 rings (SSSR count). The van der Waals surface area contributed by atoms with E-state index in [1.807, 2.05) is 31.2 Å². The SMILES string of the molecule is CCOC(=O)COc1cccc2c1C(C(N)=O)=C(C)C2=Cc1c(CC)ccc2ccccc12. The van der Waals surface area contributed by atoms with Gasteiger partial charge in [-0.2, -0.15) is 0 Å². The number of ether oxygens (including phenoxy) is 2. The van der Waals surface area contributed by atoms with Gasteiger partial charge in [-0.05, 0) is 71.0 Å². The number of hydrogen-bond acceptors (Lipinski definition) is 4. The summed E-state index contributed by atoms with van der Waals surface area (Å²) < 4.78 is 10.7. The molecular formula is C28H27NO4. The normalized spacial score (nSPS) is 14.0. The zero-order valence-electron chi connectivity index (χ0n) is 19.1. The number of aryl methyl sites for hydroxylation is 1. The van der Waals surface area contributed by atoms with E-state index in [4.69, 9.17) is 15.2 Å². The van der Waals surface area contributed by atoms with Crippen LogP contribution in [0.3, 0.4) is 0 Å².